The second kappa shape index (κ2) is 3.35. The molecule has 0 saturated carbocycles. The highest BCUT2D eigenvalue weighted by Gasteiger charge is 2.15. The largest absolute Gasteiger partial charge is 0.328 e. The molecule has 1 aromatic heterocycles. The first kappa shape index (κ1) is 10.0. The first-order valence-electron chi connectivity index (χ1n) is 2.75. The third-order valence-corrected chi connectivity index (χ3v) is 3.93. The Kier molecular flexibility index (Phi) is 2.79. The minimum absolute atomic E-state index is 0.0742. The highest BCUT2D eigenvalue weighted by molar-refractivity contribution is 14.1. The molecule has 0 spiro atoms. The van der Waals surface area contributed by atoms with E-state index in [1.807, 2.05) is 0 Å². The average Bonchev–Trinajstić information content (AvgIpc) is 1.92. The van der Waals surface area contributed by atoms with Gasteiger partial charge in [-0.3, -0.25) is 4.79 Å². The number of hydrogen-bond donors (Lipinski definition) is 1. The van der Waals surface area contributed by atoms with Crippen molar-refractivity contribution in [3.63, 3.8) is 0 Å². The SMILES string of the molecule is O=c1[nH]ccc(S(=O)(=O)Cl)c1I. The minimum Gasteiger partial charge on any atom is -0.328 e. The summed E-state index contributed by atoms with van der Waals surface area (Å²) in [6, 6.07) is 1.24. The molecule has 0 aliphatic heterocycles. The van der Waals surface area contributed by atoms with E-state index in [9.17, 15) is 13.2 Å². The normalized spacial score (nSPS) is 11.5. The molecule has 1 aromatic rings. The molecule has 4 nitrogen and oxygen atoms in total. The second-order valence-electron chi connectivity index (χ2n) is 1.92. The molecule has 0 atom stereocenters. The topological polar surface area (TPSA) is 67.0 Å². The Hall–Kier alpha value is -0.0800. The molecule has 0 aliphatic carbocycles. The van der Waals surface area contributed by atoms with Crippen molar-refractivity contribution in [3.05, 3.63) is 26.2 Å². The standard InChI is InChI=1S/C5H3ClINO3S/c6-12(10,11)3-1-2-8-5(9)4(3)7/h1-2H,(H,8,9). The maximum Gasteiger partial charge on any atom is 0.262 e. The molecule has 12 heavy (non-hydrogen) atoms. The van der Waals surface area contributed by atoms with E-state index in [2.05, 4.69) is 4.98 Å². The van der Waals surface area contributed by atoms with Gasteiger partial charge in [0.2, 0.25) is 0 Å². The highest BCUT2D eigenvalue weighted by atomic mass is 127. The van der Waals surface area contributed by atoms with Gasteiger partial charge >= 0.3 is 0 Å². The van der Waals surface area contributed by atoms with Crippen molar-refractivity contribution in [2.75, 3.05) is 0 Å². The zero-order valence-corrected chi connectivity index (χ0v) is 9.27. The van der Waals surface area contributed by atoms with Crippen LogP contribution in [0.4, 0.5) is 0 Å². The molecule has 1 heterocycles. The summed E-state index contributed by atoms with van der Waals surface area (Å²) in [5, 5.41) is 0. The molecule has 0 radical (unpaired) electrons. The van der Waals surface area contributed by atoms with E-state index >= 15 is 0 Å². The molecule has 0 saturated heterocycles. The lowest BCUT2D eigenvalue weighted by molar-refractivity contribution is 0.608. The van der Waals surface area contributed by atoms with Crippen molar-refractivity contribution in [1.82, 2.24) is 4.98 Å². The molecular weight excluding hydrogens is 316 g/mol. The van der Waals surface area contributed by atoms with Crippen LogP contribution in [-0.4, -0.2) is 13.4 Å². The zero-order valence-electron chi connectivity index (χ0n) is 5.54. The van der Waals surface area contributed by atoms with Crippen LogP contribution in [0.1, 0.15) is 0 Å². The summed E-state index contributed by atoms with van der Waals surface area (Å²) < 4.78 is 21.7. The number of nitrogens with one attached hydrogen (secondary N) is 1. The molecule has 0 aliphatic rings. The van der Waals surface area contributed by atoms with Crippen molar-refractivity contribution in [3.8, 4) is 0 Å². The lowest BCUT2D eigenvalue weighted by Crippen LogP contribution is -2.12. The Labute approximate surface area is 86.5 Å². The number of halogens is 2. The molecule has 0 fully saturated rings. The summed E-state index contributed by atoms with van der Waals surface area (Å²) in [6.07, 6.45) is 1.24. The van der Waals surface area contributed by atoms with Crippen molar-refractivity contribution >= 4 is 42.3 Å². The fourth-order valence-corrected chi connectivity index (χ4v) is 3.15. The lowest BCUT2D eigenvalue weighted by Gasteiger charge is -1.96. The predicted octanol–water partition coefficient (Wildman–Crippen LogP) is 0.907. The van der Waals surface area contributed by atoms with E-state index in [-0.39, 0.29) is 8.47 Å². The van der Waals surface area contributed by atoms with Gasteiger partial charge in [-0.2, -0.15) is 0 Å². The van der Waals surface area contributed by atoms with Gasteiger partial charge in [0.05, 0.1) is 3.57 Å². The van der Waals surface area contributed by atoms with Crippen LogP contribution in [0, 0.1) is 3.57 Å². The fourth-order valence-electron chi connectivity index (χ4n) is 0.630. The third-order valence-electron chi connectivity index (χ3n) is 1.13. The van der Waals surface area contributed by atoms with E-state index in [1.165, 1.54) is 12.3 Å². The molecule has 1 N–H and O–H groups in total. The van der Waals surface area contributed by atoms with Crippen LogP contribution in [0.5, 0.6) is 0 Å². The predicted molar refractivity (Wildman–Crippen MR) is 52.8 cm³/mol. The van der Waals surface area contributed by atoms with Gasteiger partial charge in [0.1, 0.15) is 4.90 Å². The molecular formula is C5H3ClINO3S. The number of hydrogen-bond acceptors (Lipinski definition) is 3. The van der Waals surface area contributed by atoms with Gasteiger partial charge in [0, 0.05) is 16.9 Å². The Balaban J connectivity index is 3.58. The van der Waals surface area contributed by atoms with Crippen LogP contribution in [0.25, 0.3) is 0 Å². The maximum atomic E-state index is 10.9. The monoisotopic (exact) mass is 319 g/mol. The van der Waals surface area contributed by atoms with Crippen LogP contribution >= 0.6 is 33.3 Å². The number of rotatable bonds is 1. The Bertz CT molecular complexity index is 452. The highest BCUT2D eigenvalue weighted by Crippen LogP contribution is 2.17. The first-order valence-corrected chi connectivity index (χ1v) is 6.13. The van der Waals surface area contributed by atoms with E-state index in [0.717, 1.165) is 0 Å². The number of pyridine rings is 1. The molecule has 0 bridgehead atoms. The van der Waals surface area contributed by atoms with Crippen molar-refractivity contribution in [2.45, 2.75) is 4.90 Å². The van der Waals surface area contributed by atoms with E-state index < -0.39 is 14.6 Å². The van der Waals surface area contributed by atoms with Crippen LogP contribution in [0.2, 0.25) is 0 Å². The Morgan fingerprint density at radius 2 is 2.08 bits per heavy atom. The van der Waals surface area contributed by atoms with E-state index in [4.69, 9.17) is 10.7 Å². The van der Waals surface area contributed by atoms with Crippen molar-refractivity contribution in [2.24, 2.45) is 0 Å². The van der Waals surface area contributed by atoms with Gasteiger partial charge in [-0.1, -0.05) is 0 Å². The summed E-state index contributed by atoms with van der Waals surface area (Å²) in [4.78, 5) is 13.1. The smallest absolute Gasteiger partial charge is 0.262 e. The number of aromatic nitrogens is 1. The molecule has 66 valence electrons. The van der Waals surface area contributed by atoms with E-state index in [0.29, 0.717) is 0 Å². The van der Waals surface area contributed by atoms with Gasteiger partial charge in [0.15, 0.2) is 0 Å². The quantitative estimate of drug-likeness (QED) is 0.618. The minimum atomic E-state index is -3.81. The lowest BCUT2D eigenvalue weighted by atomic mass is 10.5. The molecule has 0 aromatic carbocycles. The van der Waals surface area contributed by atoms with Crippen LogP contribution in [0.3, 0.4) is 0 Å². The van der Waals surface area contributed by atoms with Crippen LogP contribution in [0.15, 0.2) is 22.0 Å². The number of aromatic amines is 1. The van der Waals surface area contributed by atoms with Gasteiger partial charge < -0.3 is 4.98 Å². The van der Waals surface area contributed by atoms with Crippen molar-refractivity contribution in [1.29, 1.82) is 0 Å². The summed E-state index contributed by atoms with van der Waals surface area (Å²) >= 11 is 1.62. The average molecular weight is 320 g/mol. The summed E-state index contributed by atoms with van der Waals surface area (Å²) in [7, 11) is 1.24. The molecule has 1 rings (SSSR count). The van der Waals surface area contributed by atoms with Gasteiger partial charge in [0.25, 0.3) is 14.6 Å². The summed E-state index contributed by atoms with van der Waals surface area (Å²) in [5.74, 6) is 0. The summed E-state index contributed by atoms with van der Waals surface area (Å²) in [6.45, 7) is 0. The summed E-state index contributed by atoms with van der Waals surface area (Å²) in [5.41, 5.74) is -0.461. The zero-order chi connectivity index (χ0) is 9.35. The van der Waals surface area contributed by atoms with Crippen molar-refractivity contribution < 1.29 is 8.42 Å². The van der Waals surface area contributed by atoms with Crippen LogP contribution in [-0.2, 0) is 9.05 Å². The van der Waals surface area contributed by atoms with Gasteiger partial charge in [-0.05, 0) is 28.7 Å². The third kappa shape index (κ3) is 1.99. The van der Waals surface area contributed by atoms with Crippen LogP contribution < -0.4 is 5.56 Å². The maximum absolute atomic E-state index is 10.9. The Morgan fingerprint density at radius 3 is 2.50 bits per heavy atom. The van der Waals surface area contributed by atoms with Gasteiger partial charge in [-0.25, -0.2) is 8.42 Å². The van der Waals surface area contributed by atoms with Gasteiger partial charge in [-0.15, -0.1) is 0 Å². The molecule has 0 unspecified atom stereocenters. The Morgan fingerprint density at radius 1 is 1.50 bits per heavy atom. The second-order valence-corrected chi connectivity index (χ2v) is 5.54. The first-order chi connectivity index (χ1) is 5.43. The fraction of sp³-hybridized carbons (Fsp3) is 0. The van der Waals surface area contributed by atoms with E-state index in [1.54, 1.807) is 22.6 Å². The molecule has 7 heteroatoms. The molecule has 0 amide bonds. The number of H-pyrrole nitrogens is 1.